The van der Waals surface area contributed by atoms with Gasteiger partial charge in [-0.2, -0.15) is 5.10 Å². The molecule has 0 aromatic carbocycles. The monoisotopic (exact) mass is 385 g/mol. The van der Waals surface area contributed by atoms with Crippen molar-refractivity contribution in [2.24, 2.45) is 7.05 Å². The first-order chi connectivity index (χ1) is 13.6. The van der Waals surface area contributed by atoms with Crippen molar-refractivity contribution in [3.63, 3.8) is 0 Å². The van der Waals surface area contributed by atoms with Crippen molar-refractivity contribution in [1.82, 2.24) is 19.7 Å². The van der Waals surface area contributed by atoms with E-state index in [0.717, 1.165) is 48.8 Å². The van der Waals surface area contributed by atoms with Crippen molar-refractivity contribution >= 4 is 16.9 Å². The fraction of sp³-hybridized carbons (Fsp3) is 0.727. The van der Waals surface area contributed by atoms with E-state index in [9.17, 15) is 0 Å². The van der Waals surface area contributed by atoms with E-state index in [-0.39, 0.29) is 0 Å². The molecule has 0 saturated carbocycles. The van der Waals surface area contributed by atoms with Gasteiger partial charge >= 0.3 is 0 Å². The molecule has 0 aliphatic carbocycles. The molecule has 154 valence electrons. The van der Waals surface area contributed by atoms with Gasteiger partial charge in [-0.15, -0.1) is 0 Å². The van der Waals surface area contributed by atoms with Crippen molar-refractivity contribution in [2.75, 3.05) is 31.1 Å². The van der Waals surface area contributed by atoms with Crippen LogP contribution in [0.3, 0.4) is 0 Å². The van der Waals surface area contributed by atoms with Crippen LogP contribution in [0.2, 0.25) is 0 Å². The molecular weight excluding hydrogens is 350 g/mol. The zero-order valence-corrected chi connectivity index (χ0v) is 17.7. The molecule has 2 aromatic heterocycles. The summed E-state index contributed by atoms with van der Waals surface area (Å²) in [6.07, 6.45) is 7.80. The molecule has 2 unspecified atom stereocenters. The largest absolute Gasteiger partial charge is 0.374 e. The van der Waals surface area contributed by atoms with E-state index in [1.165, 1.54) is 38.5 Å². The molecule has 2 saturated heterocycles. The highest BCUT2D eigenvalue weighted by molar-refractivity contribution is 5.80. The normalized spacial score (nSPS) is 24.2. The van der Waals surface area contributed by atoms with Gasteiger partial charge in [0.05, 0.1) is 18.9 Å². The van der Waals surface area contributed by atoms with Gasteiger partial charge in [-0.1, -0.05) is 12.8 Å². The first-order valence-corrected chi connectivity index (χ1v) is 11.0. The molecule has 6 nitrogen and oxygen atoms in total. The Hall–Kier alpha value is -1.66. The molecule has 0 radical (unpaired) electrons. The zero-order chi connectivity index (χ0) is 19.5. The SMILES string of the molecule is CC1CCC(C)N1CCOCc1nn(C)c2nc(N3CCCCCC3)ccc12. The summed E-state index contributed by atoms with van der Waals surface area (Å²) in [6.45, 7) is 9.18. The molecule has 4 heterocycles. The van der Waals surface area contributed by atoms with Crippen LogP contribution in [-0.4, -0.2) is 58.0 Å². The van der Waals surface area contributed by atoms with Gasteiger partial charge in [-0.25, -0.2) is 4.98 Å². The Labute approximate surface area is 168 Å². The second-order valence-corrected chi connectivity index (χ2v) is 8.58. The summed E-state index contributed by atoms with van der Waals surface area (Å²) in [5.74, 6) is 1.09. The number of hydrogen-bond acceptors (Lipinski definition) is 5. The number of fused-ring (bicyclic) bond motifs is 1. The average Bonchev–Trinajstić information content (AvgIpc) is 3.04. The van der Waals surface area contributed by atoms with E-state index in [1.54, 1.807) is 0 Å². The maximum Gasteiger partial charge on any atom is 0.160 e. The summed E-state index contributed by atoms with van der Waals surface area (Å²) in [5.41, 5.74) is 1.96. The number of rotatable bonds is 6. The number of aryl methyl sites for hydroxylation is 1. The highest BCUT2D eigenvalue weighted by Crippen LogP contribution is 2.24. The molecule has 4 rings (SSSR count). The van der Waals surface area contributed by atoms with Gasteiger partial charge in [0, 0.05) is 44.2 Å². The number of aromatic nitrogens is 3. The topological polar surface area (TPSA) is 46.4 Å². The average molecular weight is 386 g/mol. The Morgan fingerprint density at radius 3 is 2.46 bits per heavy atom. The summed E-state index contributed by atoms with van der Waals surface area (Å²) >= 11 is 0. The molecule has 2 aliphatic rings. The molecule has 2 fully saturated rings. The first kappa shape index (κ1) is 19.6. The maximum atomic E-state index is 6.01. The number of ether oxygens (including phenoxy) is 1. The lowest BCUT2D eigenvalue weighted by atomic mass is 10.2. The molecule has 0 spiro atoms. The second-order valence-electron chi connectivity index (χ2n) is 8.58. The van der Waals surface area contributed by atoms with E-state index < -0.39 is 0 Å². The van der Waals surface area contributed by atoms with Crippen LogP contribution in [0, 0.1) is 0 Å². The number of likely N-dealkylation sites (tertiary alicyclic amines) is 1. The lowest BCUT2D eigenvalue weighted by molar-refractivity contribution is 0.0787. The van der Waals surface area contributed by atoms with Gasteiger partial charge < -0.3 is 9.64 Å². The Bertz CT molecular complexity index is 771. The van der Waals surface area contributed by atoms with Crippen LogP contribution >= 0.6 is 0 Å². The van der Waals surface area contributed by atoms with Crippen LogP contribution < -0.4 is 4.90 Å². The third-order valence-electron chi connectivity index (χ3n) is 6.55. The van der Waals surface area contributed by atoms with E-state index in [4.69, 9.17) is 14.8 Å². The molecule has 0 amide bonds. The van der Waals surface area contributed by atoms with Crippen molar-refractivity contribution in [3.05, 3.63) is 17.8 Å². The predicted molar refractivity (Wildman–Crippen MR) is 114 cm³/mol. The highest BCUT2D eigenvalue weighted by atomic mass is 16.5. The third kappa shape index (κ3) is 4.18. The first-order valence-electron chi connectivity index (χ1n) is 11.0. The molecule has 2 atom stereocenters. The van der Waals surface area contributed by atoms with Gasteiger partial charge in [0.2, 0.25) is 0 Å². The van der Waals surface area contributed by atoms with Crippen LogP contribution in [-0.2, 0) is 18.4 Å². The minimum Gasteiger partial charge on any atom is -0.374 e. The van der Waals surface area contributed by atoms with Crippen LogP contribution in [0.15, 0.2) is 12.1 Å². The summed E-state index contributed by atoms with van der Waals surface area (Å²) in [5, 5.41) is 5.81. The van der Waals surface area contributed by atoms with E-state index >= 15 is 0 Å². The predicted octanol–water partition coefficient (Wildman–Crippen LogP) is 3.74. The van der Waals surface area contributed by atoms with Gasteiger partial charge in [0.15, 0.2) is 5.65 Å². The van der Waals surface area contributed by atoms with Crippen LogP contribution in [0.1, 0.15) is 58.1 Å². The lowest BCUT2D eigenvalue weighted by Crippen LogP contribution is -2.35. The molecule has 2 aromatic rings. The quantitative estimate of drug-likeness (QED) is 0.709. The van der Waals surface area contributed by atoms with Crippen LogP contribution in [0.5, 0.6) is 0 Å². The van der Waals surface area contributed by atoms with Gasteiger partial charge in [-0.3, -0.25) is 9.58 Å². The van der Waals surface area contributed by atoms with Crippen molar-refractivity contribution < 1.29 is 4.74 Å². The Balaban J connectivity index is 1.39. The molecule has 6 heteroatoms. The Morgan fingerprint density at radius 2 is 1.75 bits per heavy atom. The number of hydrogen-bond donors (Lipinski definition) is 0. The smallest absolute Gasteiger partial charge is 0.160 e. The minimum absolute atomic E-state index is 0.554. The number of nitrogens with zero attached hydrogens (tertiary/aromatic N) is 5. The zero-order valence-electron chi connectivity index (χ0n) is 17.7. The molecular formula is C22H35N5O. The second kappa shape index (κ2) is 8.78. The molecule has 0 N–H and O–H groups in total. The highest BCUT2D eigenvalue weighted by Gasteiger charge is 2.26. The molecule has 0 bridgehead atoms. The van der Waals surface area contributed by atoms with E-state index in [1.807, 2.05) is 11.7 Å². The Morgan fingerprint density at radius 1 is 1.04 bits per heavy atom. The van der Waals surface area contributed by atoms with Crippen molar-refractivity contribution in [1.29, 1.82) is 0 Å². The molecule has 2 aliphatic heterocycles. The van der Waals surface area contributed by atoms with Crippen molar-refractivity contribution in [2.45, 2.75) is 71.1 Å². The minimum atomic E-state index is 0.554. The fourth-order valence-electron chi connectivity index (χ4n) is 4.80. The van der Waals surface area contributed by atoms with Gasteiger partial charge in [0.25, 0.3) is 0 Å². The third-order valence-corrected chi connectivity index (χ3v) is 6.55. The summed E-state index contributed by atoms with van der Waals surface area (Å²) < 4.78 is 7.91. The fourth-order valence-corrected chi connectivity index (χ4v) is 4.80. The number of pyridine rings is 1. The lowest BCUT2D eigenvalue weighted by Gasteiger charge is -2.25. The van der Waals surface area contributed by atoms with E-state index in [2.05, 4.69) is 35.8 Å². The molecule has 28 heavy (non-hydrogen) atoms. The summed E-state index contributed by atoms with van der Waals surface area (Å²) in [4.78, 5) is 9.92. The Kier molecular flexibility index (Phi) is 6.16. The van der Waals surface area contributed by atoms with Crippen LogP contribution in [0.25, 0.3) is 11.0 Å². The maximum absolute atomic E-state index is 6.01. The summed E-state index contributed by atoms with van der Waals surface area (Å²) in [7, 11) is 1.98. The number of anilines is 1. The van der Waals surface area contributed by atoms with Gasteiger partial charge in [0.1, 0.15) is 5.82 Å². The van der Waals surface area contributed by atoms with Gasteiger partial charge in [-0.05, 0) is 51.7 Å². The standard InChI is InChI=1S/C22H35N5O/c1-17-8-9-18(2)27(17)14-15-28-16-20-19-10-11-21(23-22(19)25(3)24-20)26-12-6-4-5-7-13-26/h10-11,17-18H,4-9,12-16H2,1-3H3. The van der Waals surface area contributed by atoms with Crippen LogP contribution in [0.4, 0.5) is 5.82 Å². The summed E-state index contributed by atoms with van der Waals surface area (Å²) in [6, 6.07) is 5.69. The van der Waals surface area contributed by atoms with Crippen molar-refractivity contribution in [3.8, 4) is 0 Å². The van der Waals surface area contributed by atoms with E-state index in [0.29, 0.717) is 18.7 Å².